The largest absolute Gasteiger partial charge is 0.401 e. The third kappa shape index (κ3) is 4.71. The number of amides is 2. The highest BCUT2D eigenvalue weighted by molar-refractivity contribution is 5.75. The molecule has 0 aromatic rings. The lowest BCUT2D eigenvalue weighted by atomic mass is 10.1. The first-order valence-corrected chi connectivity index (χ1v) is 7.69. The number of ether oxygens (including phenoxy) is 2. The van der Waals surface area contributed by atoms with E-state index in [0.29, 0.717) is 13.2 Å². The SMILES string of the molecule is CO[C@H]1COC[C@H]1NC(=O)N1C[C@@H](C)N(CC(F)(F)F)[C@@H](C)C1. The van der Waals surface area contributed by atoms with Crippen molar-refractivity contribution in [1.82, 2.24) is 15.1 Å². The van der Waals surface area contributed by atoms with E-state index < -0.39 is 12.7 Å². The van der Waals surface area contributed by atoms with Crippen molar-refractivity contribution >= 4 is 6.03 Å². The van der Waals surface area contributed by atoms with E-state index in [1.807, 2.05) is 0 Å². The third-order valence-electron chi connectivity index (χ3n) is 4.39. The van der Waals surface area contributed by atoms with Crippen LogP contribution < -0.4 is 5.32 Å². The Balaban J connectivity index is 1.91. The van der Waals surface area contributed by atoms with Crippen molar-refractivity contribution in [3.05, 3.63) is 0 Å². The summed E-state index contributed by atoms with van der Waals surface area (Å²) < 4.78 is 48.4. The predicted octanol–water partition coefficient (Wildman–Crippen LogP) is 1.07. The van der Waals surface area contributed by atoms with Gasteiger partial charge in [0, 0.05) is 32.3 Å². The number of urea groups is 1. The molecular weight excluding hydrogens is 315 g/mol. The second-order valence-electron chi connectivity index (χ2n) is 6.26. The summed E-state index contributed by atoms with van der Waals surface area (Å²) in [5.41, 5.74) is 0. The van der Waals surface area contributed by atoms with Crippen LogP contribution in [0.15, 0.2) is 0 Å². The lowest BCUT2D eigenvalue weighted by Crippen LogP contribution is -2.62. The fourth-order valence-corrected chi connectivity index (χ4v) is 3.19. The van der Waals surface area contributed by atoms with Crippen molar-refractivity contribution < 1.29 is 27.4 Å². The van der Waals surface area contributed by atoms with Crippen LogP contribution in [0.1, 0.15) is 13.8 Å². The Bertz CT molecular complexity index is 410. The molecule has 0 bridgehead atoms. The molecule has 1 N–H and O–H groups in total. The molecule has 2 saturated heterocycles. The summed E-state index contributed by atoms with van der Waals surface area (Å²) in [6.07, 6.45) is -4.43. The zero-order valence-electron chi connectivity index (χ0n) is 13.6. The van der Waals surface area contributed by atoms with E-state index in [2.05, 4.69) is 5.32 Å². The van der Waals surface area contributed by atoms with E-state index in [4.69, 9.17) is 9.47 Å². The van der Waals surface area contributed by atoms with Crippen molar-refractivity contribution in [2.24, 2.45) is 0 Å². The first kappa shape index (κ1) is 18.3. The Labute approximate surface area is 133 Å². The maximum atomic E-state index is 12.6. The number of carbonyl (C=O) groups excluding carboxylic acids is 1. The minimum atomic E-state index is -4.24. The number of hydrogen-bond donors (Lipinski definition) is 1. The number of piperazine rings is 1. The average molecular weight is 339 g/mol. The van der Waals surface area contributed by atoms with E-state index in [0.717, 1.165) is 0 Å². The van der Waals surface area contributed by atoms with Crippen LogP contribution in [0.4, 0.5) is 18.0 Å². The molecule has 23 heavy (non-hydrogen) atoms. The maximum Gasteiger partial charge on any atom is 0.401 e. The van der Waals surface area contributed by atoms with Gasteiger partial charge < -0.3 is 19.7 Å². The highest BCUT2D eigenvalue weighted by atomic mass is 19.4. The van der Waals surface area contributed by atoms with Crippen LogP contribution >= 0.6 is 0 Å². The standard InChI is InChI=1S/C14H24F3N3O3/c1-9-4-19(5-10(2)20(9)8-14(15,16)17)13(21)18-11-6-23-7-12(11)22-3/h9-12H,4-8H2,1-3H3,(H,18,21)/t9-,10+,11-,12+/m1/s1. The minimum Gasteiger partial charge on any atom is -0.377 e. The molecule has 2 heterocycles. The van der Waals surface area contributed by atoms with Gasteiger partial charge in [-0.15, -0.1) is 0 Å². The molecule has 134 valence electrons. The fourth-order valence-electron chi connectivity index (χ4n) is 3.19. The third-order valence-corrected chi connectivity index (χ3v) is 4.39. The zero-order valence-corrected chi connectivity index (χ0v) is 13.6. The zero-order chi connectivity index (χ0) is 17.2. The first-order valence-electron chi connectivity index (χ1n) is 7.69. The normalized spacial score (nSPS) is 33.0. The molecule has 2 amide bonds. The monoisotopic (exact) mass is 339 g/mol. The van der Waals surface area contributed by atoms with Crippen LogP contribution in [0, 0.1) is 0 Å². The molecule has 2 fully saturated rings. The second-order valence-corrected chi connectivity index (χ2v) is 6.26. The molecule has 0 radical (unpaired) electrons. The number of rotatable bonds is 3. The predicted molar refractivity (Wildman–Crippen MR) is 77.2 cm³/mol. The van der Waals surface area contributed by atoms with Crippen molar-refractivity contribution in [2.45, 2.75) is 44.3 Å². The van der Waals surface area contributed by atoms with Gasteiger partial charge in [0.25, 0.3) is 0 Å². The molecule has 6 nitrogen and oxygen atoms in total. The maximum absolute atomic E-state index is 12.6. The van der Waals surface area contributed by atoms with Crippen LogP contribution in [0.3, 0.4) is 0 Å². The summed E-state index contributed by atoms with van der Waals surface area (Å²) in [5.74, 6) is 0. The van der Waals surface area contributed by atoms with Gasteiger partial charge in [-0.05, 0) is 13.8 Å². The van der Waals surface area contributed by atoms with Gasteiger partial charge in [-0.1, -0.05) is 0 Å². The molecule has 2 aliphatic heterocycles. The molecular formula is C14H24F3N3O3. The lowest BCUT2D eigenvalue weighted by Gasteiger charge is -2.44. The van der Waals surface area contributed by atoms with E-state index in [1.165, 1.54) is 4.90 Å². The van der Waals surface area contributed by atoms with Crippen LogP contribution in [-0.4, -0.2) is 86.2 Å². The van der Waals surface area contributed by atoms with Gasteiger partial charge in [0.05, 0.1) is 25.8 Å². The van der Waals surface area contributed by atoms with Crippen LogP contribution in [-0.2, 0) is 9.47 Å². The molecule has 0 unspecified atom stereocenters. The summed E-state index contributed by atoms with van der Waals surface area (Å²) >= 11 is 0. The van der Waals surface area contributed by atoms with Crippen LogP contribution in [0.5, 0.6) is 0 Å². The number of hydrogen-bond acceptors (Lipinski definition) is 4. The molecule has 2 aliphatic rings. The topological polar surface area (TPSA) is 54.0 Å². The Hall–Kier alpha value is -1.06. The molecule has 0 aliphatic carbocycles. The minimum absolute atomic E-state index is 0.194. The van der Waals surface area contributed by atoms with Crippen molar-refractivity contribution in [3.63, 3.8) is 0 Å². The van der Waals surface area contributed by atoms with E-state index in [-0.39, 0.29) is 43.4 Å². The summed E-state index contributed by atoms with van der Waals surface area (Å²) in [5, 5.41) is 2.85. The fraction of sp³-hybridized carbons (Fsp3) is 0.929. The highest BCUT2D eigenvalue weighted by Gasteiger charge is 2.40. The molecule has 0 spiro atoms. The summed E-state index contributed by atoms with van der Waals surface area (Å²) in [6.45, 7) is 3.79. The summed E-state index contributed by atoms with van der Waals surface area (Å²) in [6, 6.07) is -1.23. The van der Waals surface area contributed by atoms with E-state index in [1.54, 1.807) is 25.9 Å². The van der Waals surface area contributed by atoms with Crippen LogP contribution in [0.25, 0.3) is 0 Å². The van der Waals surface area contributed by atoms with Gasteiger partial charge in [0.15, 0.2) is 0 Å². The number of methoxy groups -OCH3 is 1. The summed E-state index contributed by atoms with van der Waals surface area (Å²) in [4.78, 5) is 15.3. The Kier molecular flexibility index (Phi) is 5.74. The number of nitrogens with one attached hydrogen (secondary N) is 1. The average Bonchev–Trinajstić information content (AvgIpc) is 2.88. The van der Waals surface area contributed by atoms with Crippen molar-refractivity contribution in [2.75, 3.05) is 40.0 Å². The second kappa shape index (κ2) is 7.23. The molecule has 4 atom stereocenters. The van der Waals surface area contributed by atoms with Crippen LogP contribution in [0.2, 0.25) is 0 Å². The number of alkyl halides is 3. The van der Waals surface area contributed by atoms with E-state index in [9.17, 15) is 18.0 Å². The Morgan fingerprint density at radius 1 is 1.26 bits per heavy atom. The molecule has 0 aromatic heterocycles. The number of nitrogens with zero attached hydrogens (tertiary/aromatic N) is 2. The van der Waals surface area contributed by atoms with Gasteiger partial charge in [-0.3, -0.25) is 4.90 Å². The Morgan fingerprint density at radius 3 is 2.39 bits per heavy atom. The molecule has 2 rings (SSSR count). The smallest absolute Gasteiger partial charge is 0.377 e. The quantitative estimate of drug-likeness (QED) is 0.836. The van der Waals surface area contributed by atoms with Gasteiger partial charge in [-0.2, -0.15) is 13.2 Å². The lowest BCUT2D eigenvalue weighted by molar-refractivity contribution is -0.160. The van der Waals surface area contributed by atoms with Gasteiger partial charge in [0.1, 0.15) is 6.10 Å². The van der Waals surface area contributed by atoms with Gasteiger partial charge in [0.2, 0.25) is 0 Å². The first-order chi connectivity index (χ1) is 10.7. The molecule has 0 aromatic carbocycles. The highest BCUT2D eigenvalue weighted by Crippen LogP contribution is 2.23. The van der Waals surface area contributed by atoms with Crippen molar-refractivity contribution in [3.8, 4) is 0 Å². The van der Waals surface area contributed by atoms with Crippen molar-refractivity contribution in [1.29, 1.82) is 0 Å². The van der Waals surface area contributed by atoms with Gasteiger partial charge >= 0.3 is 12.2 Å². The molecule has 9 heteroatoms. The van der Waals surface area contributed by atoms with Gasteiger partial charge in [-0.25, -0.2) is 4.79 Å². The molecule has 0 saturated carbocycles. The van der Waals surface area contributed by atoms with E-state index >= 15 is 0 Å². The number of halogens is 3. The summed E-state index contributed by atoms with van der Waals surface area (Å²) in [7, 11) is 1.55. The Morgan fingerprint density at radius 2 is 1.87 bits per heavy atom. The number of carbonyl (C=O) groups is 1.